The fourth-order valence-electron chi connectivity index (χ4n) is 1.58. The van der Waals surface area contributed by atoms with E-state index >= 15 is 0 Å². The molecule has 0 fully saturated rings. The van der Waals surface area contributed by atoms with Gasteiger partial charge in [-0.2, -0.15) is 4.98 Å². The summed E-state index contributed by atoms with van der Waals surface area (Å²) in [6, 6.07) is 9.33. The summed E-state index contributed by atoms with van der Waals surface area (Å²) in [4.78, 5) is 4.22. The van der Waals surface area contributed by atoms with E-state index in [1.807, 2.05) is 30.3 Å². The van der Waals surface area contributed by atoms with Crippen molar-refractivity contribution in [3.8, 4) is 5.75 Å². The molecule has 1 unspecified atom stereocenters. The van der Waals surface area contributed by atoms with Gasteiger partial charge in [-0.25, -0.2) is 0 Å². The molecule has 1 atom stereocenters. The number of nitrogens with two attached hydrogens (primary N) is 1. The minimum atomic E-state index is -0.187. The third-order valence-corrected chi connectivity index (χ3v) is 2.51. The zero-order chi connectivity index (χ0) is 12.8. The Hall–Kier alpha value is -1.88. The molecule has 2 aromatic rings. The molecule has 0 radical (unpaired) electrons. The largest absolute Gasteiger partial charge is 0.485 e. The number of ether oxygens (including phenoxy) is 1. The standard InChI is InChI=1S/C13H17N3O2/c1-2-6-11(14)13-15-12(16-18-13)9-17-10-7-4-3-5-8-10/h3-5,7-8,11H,2,6,9,14H2,1H3. The fourth-order valence-corrected chi connectivity index (χ4v) is 1.58. The molecule has 0 aliphatic rings. The number of nitrogens with zero attached hydrogens (tertiary/aromatic N) is 2. The number of rotatable bonds is 6. The Morgan fingerprint density at radius 2 is 2.11 bits per heavy atom. The minimum Gasteiger partial charge on any atom is -0.485 e. The van der Waals surface area contributed by atoms with Gasteiger partial charge in [-0.15, -0.1) is 0 Å². The van der Waals surface area contributed by atoms with Crippen LogP contribution in [0.4, 0.5) is 0 Å². The molecule has 0 saturated heterocycles. The van der Waals surface area contributed by atoms with E-state index < -0.39 is 0 Å². The Morgan fingerprint density at radius 1 is 1.33 bits per heavy atom. The molecule has 18 heavy (non-hydrogen) atoms. The topological polar surface area (TPSA) is 74.2 Å². The van der Waals surface area contributed by atoms with Gasteiger partial charge in [0.15, 0.2) is 6.61 Å². The van der Waals surface area contributed by atoms with E-state index in [4.69, 9.17) is 15.0 Å². The quantitative estimate of drug-likeness (QED) is 0.848. The molecule has 96 valence electrons. The molecule has 0 saturated carbocycles. The number of para-hydroxylation sites is 1. The summed E-state index contributed by atoms with van der Waals surface area (Å²) in [5.74, 6) is 1.77. The summed E-state index contributed by atoms with van der Waals surface area (Å²) >= 11 is 0. The predicted octanol–water partition coefficient (Wildman–Crippen LogP) is 2.45. The smallest absolute Gasteiger partial charge is 0.243 e. The van der Waals surface area contributed by atoms with Crippen LogP contribution in [-0.4, -0.2) is 10.1 Å². The van der Waals surface area contributed by atoms with Crippen LogP contribution in [0.15, 0.2) is 34.9 Å². The highest BCUT2D eigenvalue weighted by molar-refractivity contribution is 5.20. The first-order chi connectivity index (χ1) is 8.79. The maximum Gasteiger partial charge on any atom is 0.243 e. The third-order valence-electron chi connectivity index (χ3n) is 2.51. The van der Waals surface area contributed by atoms with E-state index in [1.165, 1.54) is 0 Å². The lowest BCUT2D eigenvalue weighted by atomic mass is 10.2. The van der Waals surface area contributed by atoms with Gasteiger partial charge in [-0.05, 0) is 18.6 Å². The normalized spacial score (nSPS) is 12.3. The SMILES string of the molecule is CCCC(N)c1nc(COc2ccccc2)no1. The van der Waals surface area contributed by atoms with E-state index in [0.717, 1.165) is 18.6 Å². The monoisotopic (exact) mass is 247 g/mol. The average molecular weight is 247 g/mol. The number of hydrogen-bond donors (Lipinski definition) is 1. The average Bonchev–Trinajstić information content (AvgIpc) is 2.87. The minimum absolute atomic E-state index is 0.187. The van der Waals surface area contributed by atoms with Gasteiger partial charge in [0, 0.05) is 0 Å². The molecule has 5 heteroatoms. The Morgan fingerprint density at radius 3 is 2.83 bits per heavy atom. The second kappa shape index (κ2) is 6.16. The molecule has 0 aliphatic heterocycles. The second-order valence-corrected chi connectivity index (χ2v) is 4.05. The van der Waals surface area contributed by atoms with Gasteiger partial charge in [0.2, 0.25) is 11.7 Å². The summed E-state index contributed by atoms with van der Waals surface area (Å²) in [5.41, 5.74) is 5.89. The van der Waals surface area contributed by atoms with Crippen molar-refractivity contribution in [1.29, 1.82) is 0 Å². The number of benzene rings is 1. The highest BCUT2D eigenvalue weighted by Crippen LogP contribution is 2.14. The summed E-state index contributed by atoms with van der Waals surface area (Å²) in [7, 11) is 0. The van der Waals surface area contributed by atoms with E-state index in [1.54, 1.807) is 0 Å². The van der Waals surface area contributed by atoms with Crippen LogP contribution in [0, 0.1) is 0 Å². The van der Waals surface area contributed by atoms with Crippen molar-refractivity contribution >= 4 is 0 Å². The maximum atomic E-state index is 5.89. The first-order valence-corrected chi connectivity index (χ1v) is 6.05. The zero-order valence-corrected chi connectivity index (χ0v) is 10.4. The molecule has 0 amide bonds. The molecule has 0 aliphatic carbocycles. The van der Waals surface area contributed by atoms with Crippen molar-refractivity contribution in [3.05, 3.63) is 42.0 Å². The van der Waals surface area contributed by atoms with Crippen LogP contribution in [-0.2, 0) is 6.61 Å². The van der Waals surface area contributed by atoms with Crippen LogP contribution in [0.5, 0.6) is 5.75 Å². The third kappa shape index (κ3) is 3.30. The van der Waals surface area contributed by atoms with E-state index in [-0.39, 0.29) is 12.6 Å². The van der Waals surface area contributed by atoms with Crippen molar-refractivity contribution in [2.75, 3.05) is 0 Å². The molecule has 0 spiro atoms. The molecule has 1 aromatic carbocycles. The Bertz CT molecular complexity index is 470. The van der Waals surface area contributed by atoms with E-state index in [0.29, 0.717) is 11.7 Å². The predicted molar refractivity (Wildman–Crippen MR) is 66.9 cm³/mol. The lowest BCUT2D eigenvalue weighted by Crippen LogP contribution is -2.10. The van der Waals surface area contributed by atoms with E-state index in [9.17, 15) is 0 Å². The highest BCUT2D eigenvalue weighted by Gasteiger charge is 2.13. The molecule has 2 N–H and O–H groups in total. The Balaban J connectivity index is 1.91. The first-order valence-electron chi connectivity index (χ1n) is 6.05. The second-order valence-electron chi connectivity index (χ2n) is 4.05. The van der Waals surface area contributed by atoms with Crippen molar-refractivity contribution in [1.82, 2.24) is 10.1 Å². The fraction of sp³-hybridized carbons (Fsp3) is 0.385. The lowest BCUT2D eigenvalue weighted by Gasteiger charge is -2.03. The van der Waals surface area contributed by atoms with Crippen LogP contribution in [0.25, 0.3) is 0 Å². The van der Waals surface area contributed by atoms with Crippen LogP contribution in [0.2, 0.25) is 0 Å². The van der Waals surface area contributed by atoms with Gasteiger partial charge in [-0.3, -0.25) is 0 Å². The molecular formula is C13H17N3O2. The summed E-state index contributed by atoms with van der Waals surface area (Å²) in [6.45, 7) is 2.35. The van der Waals surface area contributed by atoms with Crippen molar-refractivity contribution < 1.29 is 9.26 Å². The molecule has 0 bridgehead atoms. The van der Waals surface area contributed by atoms with E-state index in [2.05, 4.69) is 17.1 Å². The van der Waals surface area contributed by atoms with Crippen LogP contribution in [0.3, 0.4) is 0 Å². The molecular weight excluding hydrogens is 230 g/mol. The number of hydrogen-bond acceptors (Lipinski definition) is 5. The molecule has 2 rings (SSSR count). The maximum absolute atomic E-state index is 5.89. The van der Waals surface area contributed by atoms with Crippen LogP contribution in [0.1, 0.15) is 37.5 Å². The van der Waals surface area contributed by atoms with Crippen LogP contribution < -0.4 is 10.5 Å². The van der Waals surface area contributed by atoms with Crippen molar-refractivity contribution in [2.24, 2.45) is 5.73 Å². The van der Waals surface area contributed by atoms with Gasteiger partial charge in [0.25, 0.3) is 0 Å². The Kier molecular flexibility index (Phi) is 4.30. The highest BCUT2D eigenvalue weighted by atomic mass is 16.5. The van der Waals surface area contributed by atoms with Gasteiger partial charge >= 0.3 is 0 Å². The molecule has 1 heterocycles. The van der Waals surface area contributed by atoms with Gasteiger partial charge in [0.05, 0.1) is 6.04 Å². The lowest BCUT2D eigenvalue weighted by molar-refractivity contribution is 0.283. The van der Waals surface area contributed by atoms with Crippen molar-refractivity contribution in [2.45, 2.75) is 32.4 Å². The zero-order valence-electron chi connectivity index (χ0n) is 10.4. The summed E-state index contributed by atoms with van der Waals surface area (Å²) < 4.78 is 10.6. The summed E-state index contributed by atoms with van der Waals surface area (Å²) in [6.07, 6.45) is 1.82. The Labute approximate surface area is 106 Å². The van der Waals surface area contributed by atoms with Gasteiger partial charge in [0.1, 0.15) is 5.75 Å². The van der Waals surface area contributed by atoms with Crippen molar-refractivity contribution in [3.63, 3.8) is 0 Å². The van der Waals surface area contributed by atoms with Crippen LogP contribution >= 0.6 is 0 Å². The molecule has 5 nitrogen and oxygen atoms in total. The van der Waals surface area contributed by atoms with Gasteiger partial charge in [-0.1, -0.05) is 36.7 Å². The molecule has 1 aromatic heterocycles. The first kappa shape index (κ1) is 12.6. The number of aromatic nitrogens is 2. The summed E-state index contributed by atoms with van der Waals surface area (Å²) in [5, 5.41) is 3.84. The van der Waals surface area contributed by atoms with Gasteiger partial charge < -0.3 is 15.0 Å².